The van der Waals surface area contributed by atoms with E-state index in [1.165, 1.54) is 16.7 Å². The molecule has 5 rings (SSSR count). The van der Waals surface area contributed by atoms with Gasteiger partial charge in [0.2, 0.25) is 0 Å². The summed E-state index contributed by atoms with van der Waals surface area (Å²) in [5, 5.41) is 7.14. The monoisotopic (exact) mass is 550 g/mol. The highest BCUT2D eigenvalue weighted by molar-refractivity contribution is 7.92. The molecule has 2 amide bonds. The van der Waals surface area contributed by atoms with Gasteiger partial charge in [-0.2, -0.15) is 0 Å². The predicted molar refractivity (Wildman–Crippen MR) is 148 cm³/mol. The Bertz CT molecular complexity index is 1770. The fourth-order valence-corrected chi connectivity index (χ4v) is 6.08. The Kier molecular flexibility index (Phi) is 6.70. The van der Waals surface area contributed by atoms with Crippen LogP contribution in [0.2, 0.25) is 4.34 Å². The lowest BCUT2D eigenvalue weighted by Crippen LogP contribution is -2.33. The second-order valence-corrected chi connectivity index (χ2v) is 11.6. The number of carbonyl (C=O) groups is 1. The van der Waals surface area contributed by atoms with E-state index in [4.69, 9.17) is 11.6 Å². The fraction of sp³-hybridized carbons (Fsp3) is 0. The predicted octanol–water partition coefficient (Wildman–Crippen LogP) is 5.96. The van der Waals surface area contributed by atoms with Crippen LogP contribution in [0.5, 0.6) is 0 Å². The van der Waals surface area contributed by atoms with E-state index in [2.05, 4.69) is 10.6 Å². The van der Waals surface area contributed by atoms with Crippen LogP contribution < -0.4 is 20.9 Å². The number of nitrogens with zero attached hydrogens (tertiary/aromatic N) is 1. The number of benzene rings is 3. The maximum Gasteiger partial charge on any atom is 0.333 e. The summed E-state index contributed by atoms with van der Waals surface area (Å²) in [7, 11) is -4.04. The molecule has 0 fully saturated rings. The number of rotatable bonds is 6. The quantitative estimate of drug-likeness (QED) is 0.242. The lowest BCUT2D eigenvalue weighted by atomic mass is 10.1. The van der Waals surface area contributed by atoms with Crippen molar-refractivity contribution >= 4 is 66.8 Å². The number of hydrogen-bond acceptors (Lipinski definition) is 6. The molecule has 0 aliphatic rings. The third-order valence-corrected chi connectivity index (χ3v) is 8.46. The summed E-state index contributed by atoms with van der Waals surface area (Å²) in [4.78, 5) is 25.4. The molecule has 0 saturated carbocycles. The van der Waals surface area contributed by atoms with Gasteiger partial charge in [-0.15, -0.1) is 11.3 Å². The minimum Gasteiger partial charge on any atom is -0.356 e. The zero-order valence-electron chi connectivity index (χ0n) is 19.0. The number of amides is 2. The summed E-state index contributed by atoms with van der Waals surface area (Å²) < 4.78 is 28.2. The summed E-state index contributed by atoms with van der Waals surface area (Å²) >= 11 is 6.62. The molecule has 0 bridgehead atoms. The average Bonchev–Trinajstić information content (AvgIpc) is 3.33. The van der Waals surface area contributed by atoms with Crippen molar-refractivity contribution in [2.45, 2.75) is 4.21 Å². The molecule has 11 heteroatoms. The Hall–Kier alpha value is -4.12. The van der Waals surface area contributed by atoms with E-state index in [0.29, 0.717) is 21.1 Å². The van der Waals surface area contributed by atoms with Gasteiger partial charge in [0.1, 0.15) is 4.21 Å². The van der Waals surface area contributed by atoms with Crippen LogP contribution in [0.4, 0.5) is 21.9 Å². The Morgan fingerprint density at radius 1 is 0.838 bits per heavy atom. The van der Waals surface area contributed by atoms with Gasteiger partial charge in [-0.05, 0) is 78.2 Å². The Morgan fingerprint density at radius 2 is 1.57 bits per heavy atom. The lowest BCUT2D eigenvalue weighted by molar-refractivity contribution is 0.256. The molecule has 8 nitrogen and oxygen atoms in total. The van der Waals surface area contributed by atoms with Crippen LogP contribution in [0.3, 0.4) is 0 Å². The largest absolute Gasteiger partial charge is 0.356 e. The second kappa shape index (κ2) is 10.1. The first-order valence-corrected chi connectivity index (χ1v) is 13.6. The number of para-hydroxylation sites is 1. The number of fused-ring (bicyclic) bond motifs is 1. The van der Waals surface area contributed by atoms with Gasteiger partial charge in [0.25, 0.3) is 15.6 Å². The van der Waals surface area contributed by atoms with E-state index in [0.717, 1.165) is 28.1 Å². The molecular formula is C26H19ClN4O4S2. The first kappa shape index (κ1) is 24.6. The van der Waals surface area contributed by atoms with Crippen LogP contribution in [-0.4, -0.2) is 19.0 Å². The minimum atomic E-state index is -4.04. The molecule has 0 aliphatic carbocycles. The van der Waals surface area contributed by atoms with Crippen LogP contribution in [-0.2, 0) is 10.0 Å². The molecule has 0 unspecified atom stereocenters. The van der Waals surface area contributed by atoms with Crippen molar-refractivity contribution in [3.05, 3.63) is 112 Å². The van der Waals surface area contributed by atoms with Crippen molar-refractivity contribution in [1.82, 2.24) is 9.29 Å². The standard InChI is InChI=1S/C26H19ClN4O4S2/c27-23-12-13-24(36-23)37(34,35)30-26(33)29-19-6-9-21(10-7-19)31-15-14-17-16-20(8-11-22(17)25(31)32)28-18-4-2-1-3-5-18/h1-16,28H,(H2,29,30,33). The van der Waals surface area contributed by atoms with Gasteiger partial charge < -0.3 is 10.6 Å². The molecule has 2 heterocycles. The van der Waals surface area contributed by atoms with Crippen LogP contribution in [0.1, 0.15) is 0 Å². The highest BCUT2D eigenvalue weighted by atomic mass is 35.5. The fourth-order valence-electron chi connectivity index (χ4n) is 3.69. The molecule has 3 N–H and O–H groups in total. The summed E-state index contributed by atoms with van der Waals surface area (Å²) in [5.74, 6) is 0. The second-order valence-electron chi connectivity index (χ2n) is 7.95. The number of nitrogens with one attached hydrogen (secondary N) is 3. The molecule has 186 valence electrons. The number of halogens is 1. The summed E-state index contributed by atoms with van der Waals surface area (Å²) in [6, 6.07) is 25.5. The van der Waals surface area contributed by atoms with Gasteiger partial charge in [-0.1, -0.05) is 29.8 Å². The Labute approximate surface area is 221 Å². The van der Waals surface area contributed by atoms with Crippen molar-refractivity contribution in [1.29, 1.82) is 0 Å². The third kappa shape index (κ3) is 5.51. The zero-order valence-corrected chi connectivity index (χ0v) is 21.4. The van der Waals surface area contributed by atoms with Gasteiger partial charge in [0.15, 0.2) is 0 Å². The van der Waals surface area contributed by atoms with Crippen molar-refractivity contribution in [3.63, 3.8) is 0 Å². The van der Waals surface area contributed by atoms with E-state index in [9.17, 15) is 18.0 Å². The first-order valence-electron chi connectivity index (χ1n) is 11.0. The van der Waals surface area contributed by atoms with Crippen LogP contribution in [0.25, 0.3) is 16.5 Å². The zero-order chi connectivity index (χ0) is 26.0. The summed E-state index contributed by atoms with van der Waals surface area (Å²) in [6.45, 7) is 0. The molecule has 2 aromatic heterocycles. The average molecular weight is 551 g/mol. The number of thiophene rings is 1. The maximum atomic E-state index is 13.1. The van der Waals surface area contributed by atoms with Crippen molar-refractivity contribution in [2.75, 3.05) is 10.6 Å². The molecule has 37 heavy (non-hydrogen) atoms. The van der Waals surface area contributed by atoms with E-state index >= 15 is 0 Å². The smallest absolute Gasteiger partial charge is 0.333 e. The molecule has 0 saturated heterocycles. The number of pyridine rings is 1. The van der Waals surface area contributed by atoms with Crippen LogP contribution in [0, 0.1) is 0 Å². The van der Waals surface area contributed by atoms with E-state index in [-0.39, 0.29) is 9.77 Å². The van der Waals surface area contributed by atoms with Gasteiger partial charge in [0.05, 0.1) is 4.34 Å². The molecular weight excluding hydrogens is 532 g/mol. The number of hydrogen-bond donors (Lipinski definition) is 3. The molecule has 0 atom stereocenters. The maximum absolute atomic E-state index is 13.1. The lowest BCUT2D eigenvalue weighted by Gasteiger charge is -2.11. The van der Waals surface area contributed by atoms with Crippen molar-refractivity contribution < 1.29 is 13.2 Å². The minimum absolute atomic E-state index is 0.0679. The number of sulfonamides is 1. The van der Waals surface area contributed by atoms with E-state index in [1.807, 2.05) is 53.3 Å². The van der Waals surface area contributed by atoms with Crippen molar-refractivity contribution in [2.24, 2.45) is 0 Å². The topological polar surface area (TPSA) is 109 Å². The summed E-state index contributed by atoms with van der Waals surface area (Å²) in [6.07, 6.45) is 1.69. The van der Waals surface area contributed by atoms with Crippen LogP contribution >= 0.6 is 22.9 Å². The van der Waals surface area contributed by atoms with Crippen molar-refractivity contribution in [3.8, 4) is 5.69 Å². The van der Waals surface area contributed by atoms with Gasteiger partial charge in [-0.25, -0.2) is 17.9 Å². The number of aromatic nitrogens is 1. The Balaban J connectivity index is 1.31. The molecule has 3 aromatic carbocycles. The molecule has 0 aliphatic heterocycles. The SMILES string of the molecule is O=C(Nc1ccc(-n2ccc3cc(Nc4ccccc4)ccc3c2=O)cc1)NS(=O)(=O)c1ccc(Cl)s1. The number of urea groups is 1. The molecule has 0 radical (unpaired) electrons. The number of carbonyl (C=O) groups excluding carboxylic acids is 1. The normalized spacial score (nSPS) is 11.3. The highest BCUT2D eigenvalue weighted by Gasteiger charge is 2.19. The Morgan fingerprint density at radius 3 is 2.27 bits per heavy atom. The summed E-state index contributed by atoms with van der Waals surface area (Å²) in [5.41, 5.74) is 2.57. The van der Waals surface area contributed by atoms with Gasteiger partial charge >= 0.3 is 6.03 Å². The van der Waals surface area contributed by atoms with Gasteiger partial charge in [-0.3, -0.25) is 9.36 Å². The van der Waals surface area contributed by atoms with E-state index in [1.54, 1.807) is 36.5 Å². The molecule has 5 aromatic rings. The van der Waals surface area contributed by atoms with Crippen LogP contribution in [0.15, 0.2) is 106 Å². The highest BCUT2D eigenvalue weighted by Crippen LogP contribution is 2.25. The van der Waals surface area contributed by atoms with Gasteiger partial charge in [0, 0.05) is 34.3 Å². The third-order valence-electron chi connectivity index (χ3n) is 5.41. The number of anilines is 3. The first-order chi connectivity index (χ1) is 17.8. The molecule has 0 spiro atoms. The van der Waals surface area contributed by atoms with E-state index < -0.39 is 16.1 Å².